The molecule has 0 saturated heterocycles. The summed E-state index contributed by atoms with van der Waals surface area (Å²) in [6, 6.07) is 10.8. The molecule has 1 unspecified atom stereocenters. The number of carbonyl (C=O) groups is 2. The maximum Gasteiger partial charge on any atom is 0.311 e. The number of benzene rings is 2. The molecule has 1 amide bonds. The van der Waals surface area contributed by atoms with E-state index in [1.807, 2.05) is 30.5 Å². The number of aromatic nitrogens is 3. The van der Waals surface area contributed by atoms with E-state index in [4.69, 9.17) is 14.2 Å². The number of methoxy groups -OCH3 is 1. The number of para-hydroxylation sites is 1. The van der Waals surface area contributed by atoms with Gasteiger partial charge in [-0.1, -0.05) is 43.8 Å². The van der Waals surface area contributed by atoms with Gasteiger partial charge in [0, 0.05) is 24.0 Å². The van der Waals surface area contributed by atoms with Crippen LogP contribution in [0.4, 0.5) is 5.69 Å². The number of anilines is 1. The van der Waals surface area contributed by atoms with Gasteiger partial charge in [0.25, 0.3) is 0 Å². The number of hydrogen-bond donors (Lipinski definition) is 0. The molecule has 0 spiro atoms. The van der Waals surface area contributed by atoms with Gasteiger partial charge < -0.3 is 14.2 Å². The van der Waals surface area contributed by atoms with Crippen LogP contribution < -0.4 is 19.1 Å². The molecule has 0 N–H and O–H groups in total. The van der Waals surface area contributed by atoms with Crippen LogP contribution in [0, 0.1) is 0 Å². The third-order valence-corrected chi connectivity index (χ3v) is 6.43. The molecular weight excluding hydrogens is 536 g/mol. The van der Waals surface area contributed by atoms with Gasteiger partial charge in [-0.2, -0.15) is 4.98 Å². The van der Waals surface area contributed by atoms with Crippen molar-refractivity contribution in [2.75, 3.05) is 18.3 Å². The Morgan fingerprint density at radius 3 is 2.63 bits per heavy atom. The Hall–Kier alpha value is -3.18. The minimum absolute atomic E-state index is 0.162. The average molecular weight is 559 g/mol. The number of thioether (sulfide) groups is 1. The van der Waals surface area contributed by atoms with E-state index in [1.165, 1.54) is 18.9 Å². The molecule has 0 fully saturated rings. The molecule has 2 heterocycles. The lowest BCUT2D eigenvalue weighted by molar-refractivity contribution is -0.134. The number of esters is 1. The van der Waals surface area contributed by atoms with Crippen LogP contribution in [0.2, 0.25) is 0 Å². The third-order valence-electron chi connectivity index (χ3n) is 5.31. The molecule has 2 aromatic carbocycles. The Bertz CT molecular complexity index is 1290. The zero-order chi connectivity index (χ0) is 25.1. The van der Waals surface area contributed by atoms with Crippen LogP contribution in [0.15, 0.2) is 46.0 Å². The molecule has 0 aliphatic carbocycles. The van der Waals surface area contributed by atoms with Crippen molar-refractivity contribution in [3.05, 3.63) is 46.4 Å². The summed E-state index contributed by atoms with van der Waals surface area (Å²) < 4.78 is 17.9. The van der Waals surface area contributed by atoms with E-state index in [1.54, 1.807) is 30.9 Å². The minimum Gasteiger partial charge on any atom is -0.493 e. The molecule has 182 valence electrons. The Kier molecular flexibility index (Phi) is 7.56. The summed E-state index contributed by atoms with van der Waals surface area (Å²) >= 11 is 4.82. The van der Waals surface area contributed by atoms with Crippen molar-refractivity contribution in [2.24, 2.45) is 0 Å². The number of amides is 1. The molecule has 1 aliphatic heterocycles. The van der Waals surface area contributed by atoms with Crippen molar-refractivity contribution in [1.29, 1.82) is 0 Å². The van der Waals surface area contributed by atoms with Gasteiger partial charge in [-0.3, -0.25) is 14.5 Å². The lowest BCUT2D eigenvalue weighted by Gasteiger charge is -2.31. The van der Waals surface area contributed by atoms with Gasteiger partial charge in [-0.15, -0.1) is 10.2 Å². The molecule has 1 aromatic heterocycles. The van der Waals surface area contributed by atoms with Crippen LogP contribution in [-0.4, -0.2) is 40.4 Å². The molecule has 0 bridgehead atoms. The minimum atomic E-state index is -0.905. The average Bonchev–Trinajstić information content (AvgIpc) is 3.03. The number of fused-ring (bicyclic) bond motifs is 3. The van der Waals surface area contributed by atoms with E-state index in [0.717, 1.165) is 0 Å². The first kappa shape index (κ1) is 24.9. The molecule has 4 rings (SSSR count). The lowest BCUT2D eigenvalue weighted by atomic mass is 10.1. The number of rotatable bonds is 6. The number of carbonyl (C=O) groups excluding carboxylic acids is 2. The smallest absolute Gasteiger partial charge is 0.311 e. The highest BCUT2D eigenvalue weighted by atomic mass is 79.9. The van der Waals surface area contributed by atoms with Crippen LogP contribution in [0.1, 0.15) is 38.5 Å². The van der Waals surface area contributed by atoms with Crippen LogP contribution in [0.25, 0.3) is 11.3 Å². The molecule has 0 saturated carbocycles. The van der Waals surface area contributed by atoms with E-state index < -0.39 is 12.2 Å². The second-order valence-corrected chi connectivity index (χ2v) is 9.05. The van der Waals surface area contributed by atoms with Crippen molar-refractivity contribution in [3.8, 4) is 28.6 Å². The Balaban J connectivity index is 1.94. The standard InChI is InChI=1S/C24H23BrN4O5S/c1-5-18(30)29-16-10-8-7-9-14(16)20-22(26-24(35-4)28-27-20)34-23(29)13-11-15(25)21(17(12-13)32-3)33-19(31)6-2/h7-12,23H,5-6H2,1-4H3. The predicted octanol–water partition coefficient (Wildman–Crippen LogP) is 5.18. The van der Waals surface area contributed by atoms with Crippen molar-refractivity contribution >= 4 is 45.3 Å². The highest BCUT2D eigenvalue weighted by Crippen LogP contribution is 2.46. The fraction of sp³-hybridized carbons (Fsp3) is 0.292. The molecule has 11 heteroatoms. The third kappa shape index (κ3) is 4.83. The maximum absolute atomic E-state index is 13.3. The van der Waals surface area contributed by atoms with Gasteiger partial charge in [0.2, 0.25) is 23.2 Å². The molecule has 35 heavy (non-hydrogen) atoms. The van der Waals surface area contributed by atoms with Gasteiger partial charge in [0.15, 0.2) is 17.2 Å². The zero-order valence-electron chi connectivity index (χ0n) is 19.6. The quantitative estimate of drug-likeness (QED) is 0.230. The van der Waals surface area contributed by atoms with Crippen LogP contribution in [-0.2, 0) is 9.59 Å². The second kappa shape index (κ2) is 10.6. The predicted molar refractivity (Wildman–Crippen MR) is 135 cm³/mol. The van der Waals surface area contributed by atoms with Gasteiger partial charge >= 0.3 is 5.97 Å². The lowest BCUT2D eigenvalue weighted by Crippen LogP contribution is -2.37. The highest BCUT2D eigenvalue weighted by molar-refractivity contribution is 9.10. The van der Waals surface area contributed by atoms with Gasteiger partial charge in [0.05, 0.1) is 17.3 Å². The second-order valence-electron chi connectivity index (χ2n) is 7.42. The van der Waals surface area contributed by atoms with E-state index in [0.29, 0.717) is 37.9 Å². The van der Waals surface area contributed by atoms with Gasteiger partial charge in [-0.05, 0) is 40.4 Å². The normalized spacial score (nSPS) is 14.3. The molecule has 9 nitrogen and oxygen atoms in total. The largest absolute Gasteiger partial charge is 0.493 e. The molecular formula is C24H23BrN4O5S. The first-order chi connectivity index (χ1) is 16.9. The number of hydrogen-bond acceptors (Lipinski definition) is 9. The Labute approximate surface area is 215 Å². The topological polar surface area (TPSA) is 104 Å². The van der Waals surface area contributed by atoms with Gasteiger partial charge in [-0.25, -0.2) is 0 Å². The number of nitrogens with zero attached hydrogens (tertiary/aromatic N) is 4. The van der Waals surface area contributed by atoms with Crippen LogP contribution in [0.3, 0.4) is 0 Å². The van der Waals surface area contributed by atoms with E-state index in [2.05, 4.69) is 31.1 Å². The SMILES string of the molecule is CCC(=O)Oc1c(Br)cc(C2Oc3nc(SC)nnc3-c3ccccc3N2C(=O)CC)cc1OC. The summed E-state index contributed by atoms with van der Waals surface area (Å²) in [5, 5.41) is 8.97. The number of halogens is 1. The van der Waals surface area contributed by atoms with Crippen molar-refractivity contribution in [3.63, 3.8) is 0 Å². The van der Waals surface area contributed by atoms with Gasteiger partial charge in [0.1, 0.15) is 0 Å². The highest BCUT2D eigenvalue weighted by Gasteiger charge is 2.36. The summed E-state index contributed by atoms with van der Waals surface area (Å²) in [7, 11) is 1.48. The van der Waals surface area contributed by atoms with Crippen LogP contribution in [0.5, 0.6) is 17.4 Å². The molecule has 1 atom stereocenters. The Morgan fingerprint density at radius 1 is 1.17 bits per heavy atom. The fourth-order valence-corrected chi connectivity index (χ4v) is 4.46. The van der Waals surface area contributed by atoms with Crippen LogP contribution >= 0.6 is 27.7 Å². The Morgan fingerprint density at radius 2 is 1.94 bits per heavy atom. The monoisotopic (exact) mass is 558 g/mol. The molecule has 3 aromatic rings. The first-order valence-corrected chi connectivity index (χ1v) is 12.9. The maximum atomic E-state index is 13.3. The summed E-state index contributed by atoms with van der Waals surface area (Å²) in [6.07, 6.45) is 1.39. The zero-order valence-corrected chi connectivity index (χ0v) is 22.0. The first-order valence-electron chi connectivity index (χ1n) is 10.9. The van der Waals surface area contributed by atoms with Crippen molar-refractivity contribution in [1.82, 2.24) is 15.2 Å². The summed E-state index contributed by atoms with van der Waals surface area (Å²) in [5.41, 5.74) is 2.32. The summed E-state index contributed by atoms with van der Waals surface area (Å²) in [4.78, 5) is 31.4. The molecule has 0 radical (unpaired) electrons. The van der Waals surface area contributed by atoms with Crippen molar-refractivity contribution in [2.45, 2.75) is 38.1 Å². The fourth-order valence-electron chi connectivity index (χ4n) is 3.62. The summed E-state index contributed by atoms with van der Waals surface area (Å²) in [6.45, 7) is 3.49. The van der Waals surface area contributed by atoms with E-state index in [-0.39, 0.29) is 30.4 Å². The van der Waals surface area contributed by atoms with E-state index in [9.17, 15) is 9.59 Å². The van der Waals surface area contributed by atoms with Crippen molar-refractivity contribution < 1.29 is 23.8 Å². The number of ether oxygens (including phenoxy) is 3. The van der Waals surface area contributed by atoms with E-state index >= 15 is 0 Å². The summed E-state index contributed by atoms with van der Waals surface area (Å²) in [5.74, 6) is 0.252. The molecule has 1 aliphatic rings.